The Kier molecular flexibility index (Phi) is 4.01. The highest BCUT2D eigenvalue weighted by Gasteiger charge is 2.37. The van der Waals surface area contributed by atoms with Gasteiger partial charge in [-0.2, -0.15) is 5.48 Å². The van der Waals surface area contributed by atoms with Gasteiger partial charge in [0.05, 0.1) is 34.0 Å². The van der Waals surface area contributed by atoms with E-state index >= 15 is 0 Å². The fraction of sp³-hybridized carbons (Fsp3) is 0.538. The van der Waals surface area contributed by atoms with Crippen LogP contribution in [0.25, 0.3) is 0 Å². The number of fused-ring (bicyclic) bond motifs is 1. The van der Waals surface area contributed by atoms with Gasteiger partial charge in [0.2, 0.25) is 5.75 Å². The predicted molar refractivity (Wildman–Crippen MR) is 69.1 cm³/mol. The molecule has 0 spiro atoms. The van der Waals surface area contributed by atoms with Crippen LogP contribution in [0.5, 0.6) is 23.0 Å². The largest absolute Gasteiger partial charge is 0.493 e. The van der Waals surface area contributed by atoms with Crippen LogP contribution in [-0.4, -0.2) is 34.5 Å². The van der Waals surface area contributed by atoms with Crippen molar-refractivity contribution in [1.29, 1.82) is 0 Å². The lowest BCUT2D eigenvalue weighted by Gasteiger charge is -2.18. The Morgan fingerprint density at radius 2 is 1.74 bits per heavy atom. The van der Waals surface area contributed by atoms with Gasteiger partial charge < -0.3 is 23.8 Å². The molecule has 2 atom stereocenters. The number of nitrogens with one attached hydrogen (secondary N) is 1. The molecule has 0 saturated heterocycles. The average Bonchev–Trinajstić information content (AvgIpc) is 2.73. The second-order valence-electron chi connectivity index (χ2n) is 4.18. The van der Waals surface area contributed by atoms with E-state index in [0.29, 0.717) is 23.0 Å². The first kappa shape index (κ1) is 13.8. The molecule has 6 nitrogen and oxygen atoms in total. The molecule has 6 heteroatoms. The second-order valence-corrected chi connectivity index (χ2v) is 4.18. The topological polar surface area (TPSA) is 58.2 Å². The van der Waals surface area contributed by atoms with Crippen molar-refractivity contribution >= 4 is 0 Å². The zero-order valence-corrected chi connectivity index (χ0v) is 11.8. The third-order valence-corrected chi connectivity index (χ3v) is 3.17. The summed E-state index contributed by atoms with van der Waals surface area (Å²) >= 11 is 0. The molecule has 0 aromatic heterocycles. The van der Waals surface area contributed by atoms with Crippen molar-refractivity contribution in [3.8, 4) is 23.0 Å². The highest BCUT2D eigenvalue weighted by atomic mass is 16.6. The first-order valence-corrected chi connectivity index (χ1v) is 5.95. The van der Waals surface area contributed by atoms with Crippen molar-refractivity contribution in [3.05, 3.63) is 11.6 Å². The van der Waals surface area contributed by atoms with Crippen LogP contribution in [0.4, 0.5) is 0 Å². The van der Waals surface area contributed by atoms with Gasteiger partial charge in [-0.15, -0.1) is 0 Å². The van der Waals surface area contributed by atoms with Crippen LogP contribution >= 0.6 is 0 Å². The van der Waals surface area contributed by atoms with E-state index in [2.05, 4.69) is 5.48 Å². The van der Waals surface area contributed by atoms with Gasteiger partial charge in [-0.25, -0.2) is 0 Å². The quantitative estimate of drug-likeness (QED) is 0.821. The smallest absolute Gasteiger partial charge is 0.203 e. The average molecular weight is 269 g/mol. The highest BCUT2D eigenvalue weighted by Crippen LogP contribution is 2.51. The van der Waals surface area contributed by atoms with E-state index < -0.39 is 0 Å². The molecule has 0 amide bonds. The Hall–Kier alpha value is -1.66. The van der Waals surface area contributed by atoms with Crippen LogP contribution in [0.1, 0.15) is 18.5 Å². The van der Waals surface area contributed by atoms with E-state index in [1.165, 1.54) is 0 Å². The van der Waals surface area contributed by atoms with Crippen molar-refractivity contribution in [3.63, 3.8) is 0 Å². The number of hydrogen-bond donors (Lipinski definition) is 1. The number of methoxy groups -OCH3 is 3. The summed E-state index contributed by atoms with van der Waals surface area (Å²) in [5, 5.41) is 0. The molecule has 0 fully saturated rings. The van der Waals surface area contributed by atoms with Gasteiger partial charge in [0, 0.05) is 6.07 Å². The molecule has 1 N–H and O–H groups in total. The van der Waals surface area contributed by atoms with Crippen LogP contribution in [0.2, 0.25) is 0 Å². The van der Waals surface area contributed by atoms with Crippen LogP contribution in [0.15, 0.2) is 6.07 Å². The lowest BCUT2D eigenvalue weighted by molar-refractivity contribution is 0.0334. The Balaban J connectivity index is 2.59. The second kappa shape index (κ2) is 5.54. The first-order chi connectivity index (χ1) is 9.17. The first-order valence-electron chi connectivity index (χ1n) is 5.95. The molecule has 2 rings (SSSR count). The normalized spacial score (nSPS) is 20.7. The Morgan fingerprint density at radius 1 is 1.05 bits per heavy atom. The monoisotopic (exact) mass is 269 g/mol. The summed E-state index contributed by atoms with van der Waals surface area (Å²) in [4.78, 5) is 5.02. The molecule has 2 unspecified atom stereocenters. The molecule has 1 aliphatic rings. The third kappa shape index (κ3) is 2.17. The molecule has 0 bridgehead atoms. The summed E-state index contributed by atoms with van der Waals surface area (Å²) in [5.41, 5.74) is 3.78. The maximum atomic E-state index is 5.80. The number of ether oxygens (including phenoxy) is 4. The number of rotatable bonds is 5. The minimum absolute atomic E-state index is 0.0827. The molecule has 1 aromatic carbocycles. The van der Waals surface area contributed by atoms with Gasteiger partial charge in [-0.3, -0.25) is 0 Å². The van der Waals surface area contributed by atoms with Crippen LogP contribution < -0.4 is 24.4 Å². The SMILES string of the molecule is CONC1c2c(cc(OC)c(OC)c2OC)OC1C. The summed E-state index contributed by atoms with van der Waals surface area (Å²) < 4.78 is 21.9. The summed E-state index contributed by atoms with van der Waals surface area (Å²) in [6.45, 7) is 1.95. The van der Waals surface area contributed by atoms with Crippen molar-refractivity contribution in [2.45, 2.75) is 19.1 Å². The predicted octanol–water partition coefficient (Wildman–Crippen LogP) is 1.69. The van der Waals surface area contributed by atoms with E-state index in [-0.39, 0.29) is 12.1 Å². The summed E-state index contributed by atoms with van der Waals surface area (Å²) in [7, 11) is 6.31. The Bertz CT molecular complexity index is 463. The minimum atomic E-state index is -0.130. The molecular weight excluding hydrogens is 250 g/mol. The van der Waals surface area contributed by atoms with Gasteiger partial charge in [-0.05, 0) is 6.92 Å². The van der Waals surface area contributed by atoms with Gasteiger partial charge in [0.15, 0.2) is 11.5 Å². The molecule has 0 saturated carbocycles. The molecular formula is C13H19NO5. The maximum Gasteiger partial charge on any atom is 0.203 e. The van der Waals surface area contributed by atoms with E-state index in [9.17, 15) is 0 Å². The van der Waals surface area contributed by atoms with E-state index in [1.54, 1.807) is 34.5 Å². The van der Waals surface area contributed by atoms with E-state index in [4.69, 9.17) is 23.8 Å². The molecule has 1 aliphatic heterocycles. The Morgan fingerprint density at radius 3 is 2.26 bits per heavy atom. The number of hydrogen-bond acceptors (Lipinski definition) is 6. The van der Waals surface area contributed by atoms with Crippen molar-refractivity contribution in [1.82, 2.24) is 5.48 Å². The van der Waals surface area contributed by atoms with Gasteiger partial charge in [-0.1, -0.05) is 0 Å². The van der Waals surface area contributed by atoms with Gasteiger partial charge >= 0.3 is 0 Å². The lowest BCUT2D eigenvalue weighted by Crippen LogP contribution is -2.28. The molecule has 106 valence electrons. The Labute approximate surface area is 112 Å². The number of benzene rings is 1. The molecule has 0 radical (unpaired) electrons. The van der Waals surface area contributed by atoms with Gasteiger partial charge in [0.25, 0.3) is 0 Å². The molecule has 1 heterocycles. The van der Waals surface area contributed by atoms with Crippen LogP contribution in [0, 0.1) is 0 Å². The summed E-state index contributed by atoms with van der Waals surface area (Å²) in [5.74, 6) is 2.42. The third-order valence-electron chi connectivity index (χ3n) is 3.17. The molecule has 19 heavy (non-hydrogen) atoms. The zero-order valence-electron chi connectivity index (χ0n) is 11.8. The van der Waals surface area contributed by atoms with E-state index in [1.807, 2.05) is 6.92 Å². The summed E-state index contributed by atoms with van der Waals surface area (Å²) in [6, 6.07) is 1.67. The number of hydroxylamine groups is 1. The zero-order chi connectivity index (χ0) is 14.0. The molecule has 0 aliphatic carbocycles. The lowest BCUT2D eigenvalue weighted by atomic mass is 10.0. The fourth-order valence-corrected chi connectivity index (χ4v) is 2.33. The van der Waals surface area contributed by atoms with Crippen molar-refractivity contribution in [2.24, 2.45) is 0 Å². The molecule has 1 aromatic rings. The fourth-order valence-electron chi connectivity index (χ4n) is 2.33. The minimum Gasteiger partial charge on any atom is -0.493 e. The van der Waals surface area contributed by atoms with Crippen molar-refractivity contribution < 1.29 is 23.8 Å². The van der Waals surface area contributed by atoms with Gasteiger partial charge in [0.1, 0.15) is 17.9 Å². The van der Waals surface area contributed by atoms with Crippen LogP contribution in [0.3, 0.4) is 0 Å². The maximum absolute atomic E-state index is 5.80. The van der Waals surface area contributed by atoms with Crippen LogP contribution in [-0.2, 0) is 4.84 Å². The summed E-state index contributed by atoms with van der Waals surface area (Å²) in [6.07, 6.45) is -0.0827. The highest BCUT2D eigenvalue weighted by molar-refractivity contribution is 5.64. The van der Waals surface area contributed by atoms with Crippen molar-refractivity contribution in [2.75, 3.05) is 28.4 Å². The standard InChI is InChI=1S/C13H19NO5/c1-7-11(14-18-5)10-8(19-7)6-9(15-2)12(16-3)13(10)17-4/h6-7,11,14H,1-5H3. The van der Waals surface area contributed by atoms with E-state index in [0.717, 1.165) is 5.56 Å².